The van der Waals surface area contributed by atoms with Gasteiger partial charge in [-0.2, -0.15) is 12.6 Å². The smallest absolute Gasteiger partial charge is 0.00852 e. The molecule has 0 aliphatic heterocycles. The third kappa shape index (κ3) is 6.30. The third-order valence-electron chi connectivity index (χ3n) is 3.23. The first-order valence-electron chi connectivity index (χ1n) is 7.10. The van der Waals surface area contributed by atoms with Crippen LogP contribution in [0, 0.1) is 0 Å². The topological polar surface area (TPSA) is 0 Å². The number of allylic oxidation sites excluding steroid dienone is 1. The van der Waals surface area contributed by atoms with E-state index in [1.165, 1.54) is 48.8 Å². The molecule has 0 nitrogen and oxygen atoms in total. The van der Waals surface area contributed by atoms with Gasteiger partial charge in [-0.3, -0.25) is 0 Å². The van der Waals surface area contributed by atoms with E-state index in [0.29, 0.717) is 0 Å². The Hall–Kier alpha value is -0.690. The molecule has 0 aromatic heterocycles. The van der Waals surface area contributed by atoms with Crippen molar-refractivity contribution < 1.29 is 0 Å². The van der Waals surface area contributed by atoms with Crippen LogP contribution >= 0.6 is 12.6 Å². The van der Waals surface area contributed by atoms with Crippen molar-refractivity contribution in [3.8, 4) is 0 Å². The van der Waals surface area contributed by atoms with Crippen molar-refractivity contribution in [1.29, 1.82) is 0 Å². The molecule has 0 saturated carbocycles. The van der Waals surface area contributed by atoms with Crippen LogP contribution in [0.2, 0.25) is 0 Å². The summed E-state index contributed by atoms with van der Waals surface area (Å²) in [7, 11) is 0. The average molecular weight is 262 g/mol. The lowest BCUT2D eigenvalue weighted by atomic mass is 10.0. The van der Waals surface area contributed by atoms with Gasteiger partial charge in [0.1, 0.15) is 0 Å². The van der Waals surface area contributed by atoms with Crippen LogP contribution in [0.15, 0.2) is 35.9 Å². The molecule has 0 amide bonds. The number of thiol groups is 1. The molecule has 0 aliphatic carbocycles. The van der Waals surface area contributed by atoms with E-state index in [0.717, 1.165) is 12.2 Å². The molecule has 0 bridgehead atoms. The second kappa shape index (κ2) is 9.27. The van der Waals surface area contributed by atoms with Crippen LogP contribution in [0.4, 0.5) is 0 Å². The van der Waals surface area contributed by atoms with Gasteiger partial charge in [0.05, 0.1) is 0 Å². The number of aryl methyl sites for hydroxylation is 1. The van der Waals surface area contributed by atoms with Gasteiger partial charge in [0.15, 0.2) is 0 Å². The lowest BCUT2D eigenvalue weighted by Gasteiger charge is -2.06. The molecular weight excluding hydrogens is 236 g/mol. The zero-order chi connectivity index (χ0) is 13.2. The van der Waals surface area contributed by atoms with Crippen LogP contribution in [0.1, 0.15) is 50.7 Å². The molecule has 0 aliphatic rings. The maximum atomic E-state index is 4.24. The van der Waals surface area contributed by atoms with Crippen molar-refractivity contribution >= 4 is 12.6 Å². The lowest BCUT2D eigenvalue weighted by Crippen LogP contribution is -1.91. The minimum absolute atomic E-state index is 0.836. The molecule has 100 valence electrons. The molecule has 18 heavy (non-hydrogen) atoms. The van der Waals surface area contributed by atoms with E-state index in [2.05, 4.69) is 56.8 Å². The number of rotatable bonds is 8. The maximum absolute atomic E-state index is 4.24. The fourth-order valence-electron chi connectivity index (χ4n) is 2.20. The molecule has 0 unspecified atom stereocenters. The fourth-order valence-corrected chi connectivity index (χ4v) is 2.51. The molecule has 1 rings (SSSR count). The molecule has 0 heterocycles. The van der Waals surface area contributed by atoms with Gasteiger partial charge in [0.25, 0.3) is 0 Å². The van der Waals surface area contributed by atoms with Crippen molar-refractivity contribution in [2.45, 2.75) is 52.4 Å². The Morgan fingerprint density at radius 1 is 1.17 bits per heavy atom. The maximum Gasteiger partial charge on any atom is 0.00852 e. The van der Waals surface area contributed by atoms with E-state index in [1.807, 2.05) is 0 Å². The molecule has 0 saturated heterocycles. The van der Waals surface area contributed by atoms with Crippen molar-refractivity contribution in [3.05, 3.63) is 47.0 Å². The summed E-state index contributed by atoms with van der Waals surface area (Å²) in [5, 5.41) is 0. The number of hydrogen-bond donors (Lipinski definition) is 1. The summed E-state index contributed by atoms with van der Waals surface area (Å²) in [6.45, 7) is 4.45. The first kappa shape index (κ1) is 15.4. The molecule has 0 fully saturated rings. The van der Waals surface area contributed by atoms with E-state index in [9.17, 15) is 0 Å². The fraction of sp³-hybridized carbons (Fsp3) is 0.529. The zero-order valence-corrected chi connectivity index (χ0v) is 12.7. The zero-order valence-electron chi connectivity index (χ0n) is 11.8. The summed E-state index contributed by atoms with van der Waals surface area (Å²) in [5.74, 6) is 0.836. The van der Waals surface area contributed by atoms with Crippen molar-refractivity contribution in [2.24, 2.45) is 0 Å². The summed E-state index contributed by atoms with van der Waals surface area (Å²) in [6, 6.07) is 9.04. The van der Waals surface area contributed by atoms with Crippen LogP contribution in [0.3, 0.4) is 0 Å². The van der Waals surface area contributed by atoms with Crippen LogP contribution in [-0.4, -0.2) is 5.75 Å². The largest absolute Gasteiger partial charge is 0.175 e. The highest BCUT2D eigenvalue weighted by Crippen LogP contribution is 2.13. The molecule has 0 radical (unpaired) electrons. The summed E-state index contributed by atoms with van der Waals surface area (Å²) >= 11 is 4.24. The Kier molecular flexibility index (Phi) is 7.91. The van der Waals surface area contributed by atoms with E-state index < -0.39 is 0 Å². The number of unbranched alkanes of at least 4 members (excludes halogenated alkanes) is 3. The average Bonchev–Trinajstić information content (AvgIpc) is 2.35. The predicted molar refractivity (Wildman–Crippen MR) is 85.6 cm³/mol. The molecule has 0 N–H and O–H groups in total. The van der Waals surface area contributed by atoms with Gasteiger partial charge in [-0.1, -0.05) is 62.1 Å². The Morgan fingerprint density at radius 2 is 1.94 bits per heavy atom. The summed E-state index contributed by atoms with van der Waals surface area (Å²) < 4.78 is 0. The summed E-state index contributed by atoms with van der Waals surface area (Å²) in [5.41, 5.74) is 4.33. The molecule has 0 spiro atoms. The highest BCUT2D eigenvalue weighted by Gasteiger charge is 1.98. The SMILES string of the molecule is CCCCCCc1cccc(CC(C)=CCS)c1. The van der Waals surface area contributed by atoms with E-state index in [4.69, 9.17) is 0 Å². The summed E-state index contributed by atoms with van der Waals surface area (Å²) in [6.07, 6.45) is 9.84. The van der Waals surface area contributed by atoms with Gasteiger partial charge in [-0.25, -0.2) is 0 Å². The highest BCUT2D eigenvalue weighted by molar-refractivity contribution is 7.80. The molecule has 0 atom stereocenters. The van der Waals surface area contributed by atoms with Gasteiger partial charge in [0, 0.05) is 5.75 Å². The number of hydrogen-bond acceptors (Lipinski definition) is 1. The molecular formula is C17H26S. The first-order chi connectivity index (χ1) is 8.76. The Bertz CT molecular complexity index is 366. The third-order valence-corrected chi connectivity index (χ3v) is 3.42. The Labute approximate surface area is 118 Å². The standard InChI is InChI=1S/C17H26S/c1-3-4-5-6-8-16-9-7-10-17(14-16)13-15(2)11-12-18/h7,9-11,14,18H,3-6,8,12-13H2,1-2H3. The van der Waals surface area contributed by atoms with Crippen LogP contribution in [-0.2, 0) is 12.8 Å². The first-order valence-corrected chi connectivity index (χ1v) is 7.73. The van der Waals surface area contributed by atoms with Gasteiger partial charge in [0.2, 0.25) is 0 Å². The molecule has 1 aromatic rings. The van der Waals surface area contributed by atoms with Crippen LogP contribution in [0.5, 0.6) is 0 Å². The van der Waals surface area contributed by atoms with Gasteiger partial charge in [-0.15, -0.1) is 0 Å². The molecule has 1 aromatic carbocycles. The van der Waals surface area contributed by atoms with Gasteiger partial charge >= 0.3 is 0 Å². The second-order valence-corrected chi connectivity index (χ2v) is 5.41. The van der Waals surface area contributed by atoms with Crippen LogP contribution < -0.4 is 0 Å². The lowest BCUT2D eigenvalue weighted by molar-refractivity contribution is 0.666. The minimum Gasteiger partial charge on any atom is -0.175 e. The summed E-state index contributed by atoms with van der Waals surface area (Å²) in [4.78, 5) is 0. The van der Waals surface area contributed by atoms with Gasteiger partial charge < -0.3 is 0 Å². The van der Waals surface area contributed by atoms with Crippen molar-refractivity contribution in [1.82, 2.24) is 0 Å². The normalized spacial score (nSPS) is 11.8. The number of benzene rings is 1. The van der Waals surface area contributed by atoms with E-state index >= 15 is 0 Å². The van der Waals surface area contributed by atoms with Gasteiger partial charge in [-0.05, 0) is 37.3 Å². The monoisotopic (exact) mass is 262 g/mol. The van der Waals surface area contributed by atoms with E-state index in [-0.39, 0.29) is 0 Å². The Morgan fingerprint density at radius 3 is 2.67 bits per heavy atom. The highest BCUT2D eigenvalue weighted by atomic mass is 32.1. The van der Waals surface area contributed by atoms with Crippen molar-refractivity contribution in [3.63, 3.8) is 0 Å². The Balaban J connectivity index is 2.48. The minimum atomic E-state index is 0.836. The second-order valence-electron chi connectivity index (χ2n) is 5.04. The predicted octanol–water partition coefficient (Wildman–Crippen LogP) is 5.23. The van der Waals surface area contributed by atoms with Crippen molar-refractivity contribution in [2.75, 3.05) is 5.75 Å². The quantitative estimate of drug-likeness (QED) is 0.370. The van der Waals surface area contributed by atoms with E-state index in [1.54, 1.807) is 0 Å². The molecule has 1 heteroatoms. The van der Waals surface area contributed by atoms with Crippen LogP contribution in [0.25, 0.3) is 0 Å².